The molecule has 0 unspecified atom stereocenters. The third-order valence-corrected chi connectivity index (χ3v) is 10.3. The van der Waals surface area contributed by atoms with E-state index in [9.17, 15) is 15.3 Å². The molecular weight excluding hydrogens is 629 g/mol. The fourth-order valence-corrected chi connectivity index (χ4v) is 6.96. The van der Waals surface area contributed by atoms with Gasteiger partial charge in [0.2, 0.25) is 0 Å². The van der Waals surface area contributed by atoms with E-state index in [1.807, 2.05) is 0 Å². The van der Waals surface area contributed by atoms with E-state index in [0.717, 1.165) is 66.8 Å². The van der Waals surface area contributed by atoms with Gasteiger partial charge in [0.15, 0.2) is 0 Å². The number of fused-ring (bicyclic) bond motifs is 8. The fourth-order valence-electron chi connectivity index (χ4n) is 6.96. The van der Waals surface area contributed by atoms with E-state index in [4.69, 9.17) is 11.2 Å². The molecule has 0 fully saturated rings. The lowest BCUT2D eigenvalue weighted by Crippen LogP contribution is -2.16. The van der Waals surface area contributed by atoms with Gasteiger partial charge >= 0.3 is 0 Å². The second-order valence-corrected chi connectivity index (χ2v) is 18.8. The van der Waals surface area contributed by atoms with E-state index >= 15 is 0 Å². The Morgan fingerprint density at radius 1 is 0.451 bits per heavy atom. The summed E-state index contributed by atoms with van der Waals surface area (Å²) >= 11 is 0. The molecular formula is C47H58O4. The van der Waals surface area contributed by atoms with Crippen molar-refractivity contribution in [2.45, 2.75) is 130 Å². The number of phenols is 3. The molecule has 4 aromatic rings. The lowest BCUT2D eigenvalue weighted by Gasteiger charge is -2.27. The summed E-state index contributed by atoms with van der Waals surface area (Å²) in [6.07, 6.45) is 7.29. The van der Waals surface area contributed by atoms with E-state index in [-0.39, 0.29) is 45.5 Å². The van der Waals surface area contributed by atoms with E-state index in [2.05, 4.69) is 138 Å². The Balaban J connectivity index is 1.93. The summed E-state index contributed by atoms with van der Waals surface area (Å²) in [4.78, 5) is 0. The zero-order valence-corrected chi connectivity index (χ0v) is 33.0. The number of aromatic hydroxyl groups is 3. The SMILES string of the molecule is C#CCOc1c2cc(C(C)(C)C)cc1Cc1cc(C(C)(C)C)cc(c1O)Cc1cc(C(C)(C)C)cc(c1O)Cc1cc(C(C)(C)C)cc(c1O)C2. The van der Waals surface area contributed by atoms with Crippen molar-refractivity contribution < 1.29 is 20.1 Å². The van der Waals surface area contributed by atoms with Gasteiger partial charge in [0, 0.05) is 25.7 Å². The maximum absolute atomic E-state index is 12.1. The topological polar surface area (TPSA) is 69.9 Å². The normalized spacial score (nSPS) is 13.9. The van der Waals surface area contributed by atoms with Crippen LogP contribution in [0.4, 0.5) is 0 Å². The van der Waals surface area contributed by atoms with Gasteiger partial charge in [-0.25, -0.2) is 0 Å². The van der Waals surface area contributed by atoms with Crippen molar-refractivity contribution in [2.75, 3.05) is 6.61 Å². The third kappa shape index (κ3) is 8.09. The molecule has 270 valence electrons. The van der Waals surface area contributed by atoms with Gasteiger partial charge in [0.05, 0.1) is 0 Å². The molecule has 0 saturated heterocycles. The summed E-state index contributed by atoms with van der Waals surface area (Å²) in [5, 5.41) is 36.2. The van der Waals surface area contributed by atoms with Crippen molar-refractivity contribution in [1.29, 1.82) is 0 Å². The molecule has 0 atom stereocenters. The third-order valence-electron chi connectivity index (χ3n) is 10.3. The van der Waals surface area contributed by atoms with Crippen molar-refractivity contribution in [3.05, 3.63) is 115 Å². The summed E-state index contributed by atoms with van der Waals surface area (Å²) in [6, 6.07) is 16.9. The first kappa shape index (κ1) is 37.9. The summed E-state index contributed by atoms with van der Waals surface area (Å²) in [6.45, 7) is 26.3. The minimum atomic E-state index is -0.193. The predicted molar refractivity (Wildman–Crippen MR) is 211 cm³/mol. The Hall–Kier alpha value is -4.36. The highest BCUT2D eigenvalue weighted by Gasteiger charge is 2.28. The summed E-state index contributed by atoms with van der Waals surface area (Å²) in [5.74, 6) is 3.99. The lowest BCUT2D eigenvalue weighted by atomic mass is 9.79. The number of phenolic OH excluding ortho intramolecular Hbond substituents is 3. The van der Waals surface area contributed by atoms with Gasteiger partial charge in [-0.3, -0.25) is 0 Å². The number of hydrogen-bond donors (Lipinski definition) is 3. The quantitative estimate of drug-likeness (QED) is 0.162. The van der Waals surface area contributed by atoms with Gasteiger partial charge in [-0.1, -0.05) is 138 Å². The Kier molecular flexibility index (Phi) is 9.89. The Morgan fingerprint density at radius 2 is 0.667 bits per heavy atom. The molecule has 4 aromatic carbocycles. The van der Waals surface area contributed by atoms with Gasteiger partial charge in [-0.15, -0.1) is 6.42 Å². The summed E-state index contributed by atoms with van der Waals surface area (Å²) in [5.41, 5.74) is 10.1. The Morgan fingerprint density at radius 3 is 0.882 bits per heavy atom. The van der Waals surface area contributed by atoms with Crippen LogP contribution in [0.5, 0.6) is 23.0 Å². The number of terminal acetylenes is 1. The van der Waals surface area contributed by atoms with E-state index in [0.29, 0.717) is 31.4 Å². The molecule has 5 rings (SSSR count). The highest BCUT2D eigenvalue weighted by atomic mass is 16.5. The molecule has 0 radical (unpaired) electrons. The number of rotatable bonds is 2. The van der Waals surface area contributed by atoms with Crippen LogP contribution < -0.4 is 4.74 Å². The van der Waals surface area contributed by atoms with Gasteiger partial charge in [-0.05, 0) is 88.4 Å². The average molecular weight is 687 g/mol. The molecule has 0 aliphatic heterocycles. The number of hydrogen-bond acceptors (Lipinski definition) is 4. The van der Waals surface area contributed by atoms with Crippen molar-refractivity contribution in [1.82, 2.24) is 0 Å². The van der Waals surface area contributed by atoms with Crippen LogP contribution in [-0.2, 0) is 47.3 Å². The van der Waals surface area contributed by atoms with Crippen LogP contribution in [0, 0.1) is 12.3 Å². The molecule has 1 aliphatic rings. The Labute approximate surface area is 306 Å². The fraction of sp³-hybridized carbons (Fsp3) is 0.447. The molecule has 0 spiro atoms. The zero-order valence-electron chi connectivity index (χ0n) is 33.0. The van der Waals surface area contributed by atoms with Crippen molar-refractivity contribution in [3.63, 3.8) is 0 Å². The highest BCUT2D eigenvalue weighted by molar-refractivity contribution is 5.59. The van der Waals surface area contributed by atoms with Crippen LogP contribution in [0.25, 0.3) is 0 Å². The van der Waals surface area contributed by atoms with Gasteiger partial charge < -0.3 is 20.1 Å². The zero-order chi connectivity index (χ0) is 37.8. The monoisotopic (exact) mass is 686 g/mol. The number of ether oxygens (including phenoxy) is 1. The first-order chi connectivity index (χ1) is 23.5. The van der Waals surface area contributed by atoms with Crippen LogP contribution in [0.3, 0.4) is 0 Å². The van der Waals surface area contributed by atoms with Crippen LogP contribution in [-0.4, -0.2) is 21.9 Å². The molecule has 4 nitrogen and oxygen atoms in total. The van der Waals surface area contributed by atoms with Crippen LogP contribution in [0.2, 0.25) is 0 Å². The second kappa shape index (κ2) is 13.3. The molecule has 4 heteroatoms. The molecule has 51 heavy (non-hydrogen) atoms. The Bertz CT molecular complexity index is 1890. The van der Waals surface area contributed by atoms with Crippen molar-refractivity contribution in [2.24, 2.45) is 0 Å². The predicted octanol–water partition coefficient (Wildman–Crippen LogP) is 10.7. The first-order valence-corrected chi connectivity index (χ1v) is 18.3. The van der Waals surface area contributed by atoms with Crippen molar-refractivity contribution >= 4 is 0 Å². The summed E-state index contributed by atoms with van der Waals surface area (Å²) in [7, 11) is 0. The largest absolute Gasteiger partial charge is 0.507 e. The molecule has 0 heterocycles. The van der Waals surface area contributed by atoms with E-state index < -0.39 is 0 Å². The molecule has 3 N–H and O–H groups in total. The average Bonchev–Trinajstić information content (AvgIpc) is 2.99. The first-order valence-electron chi connectivity index (χ1n) is 18.3. The van der Waals surface area contributed by atoms with Crippen LogP contribution in [0.1, 0.15) is 150 Å². The minimum absolute atomic E-state index is 0.0947. The lowest BCUT2D eigenvalue weighted by molar-refractivity contribution is 0.362. The molecule has 0 aromatic heterocycles. The van der Waals surface area contributed by atoms with Crippen LogP contribution >= 0.6 is 0 Å². The smallest absolute Gasteiger partial charge is 0.148 e. The maximum atomic E-state index is 12.1. The maximum Gasteiger partial charge on any atom is 0.148 e. The highest BCUT2D eigenvalue weighted by Crippen LogP contribution is 2.43. The molecule has 0 saturated carbocycles. The summed E-state index contributed by atoms with van der Waals surface area (Å²) < 4.78 is 6.41. The van der Waals surface area contributed by atoms with Crippen LogP contribution in [0.15, 0.2) is 48.5 Å². The van der Waals surface area contributed by atoms with E-state index in [1.54, 1.807) is 0 Å². The molecule has 1 aliphatic carbocycles. The molecule has 8 bridgehead atoms. The van der Waals surface area contributed by atoms with Gasteiger partial charge in [0.25, 0.3) is 0 Å². The molecule has 0 amide bonds. The minimum Gasteiger partial charge on any atom is -0.507 e. The van der Waals surface area contributed by atoms with Gasteiger partial charge in [-0.2, -0.15) is 0 Å². The van der Waals surface area contributed by atoms with Crippen molar-refractivity contribution in [3.8, 4) is 35.3 Å². The second-order valence-electron chi connectivity index (χ2n) is 18.8. The van der Waals surface area contributed by atoms with Gasteiger partial charge in [0.1, 0.15) is 29.6 Å². The van der Waals surface area contributed by atoms with E-state index in [1.165, 1.54) is 0 Å². The standard InChI is InChI=1S/C47H58O4/c1-14-15-51-43-34-18-32-24-37(45(5,6)7)22-30(41(32)49)16-28-20-36(44(2,3)4)21-29(40(28)48)17-31-23-38(46(8,9)10)25-33(42(31)50)19-35(43)27-39(26-34)47(11,12)13/h1,20-27,48-50H,15-19H2,2-13H3. The number of benzene rings is 4.